The van der Waals surface area contributed by atoms with Gasteiger partial charge in [-0.05, 0) is 24.1 Å². The highest BCUT2D eigenvalue weighted by molar-refractivity contribution is 9.10. The van der Waals surface area contributed by atoms with Crippen LogP contribution in [-0.2, 0) is 6.42 Å². The molecule has 0 aromatic heterocycles. The lowest BCUT2D eigenvalue weighted by Gasteiger charge is -2.33. The van der Waals surface area contributed by atoms with Crippen LogP contribution in [0.15, 0.2) is 53.3 Å². The van der Waals surface area contributed by atoms with Gasteiger partial charge in [-0.1, -0.05) is 41.2 Å². The predicted octanol–water partition coefficient (Wildman–Crippen LogP) is 3.28. The maximum Gasteiger partial charge on any atom is 0.0547 e. The van der Waals surface area contributed by atoms with Crippen LogP contribution < -0.4 is 5.32 Å². The Hall–Kier alpha value is -1.48. The molecule has 2 nitrogen and oxygen atoms in total. The van der Waals surface area contributed by atoms with Crippen LogP contribution in [0.2, 0.25) is 0 Å². The van der Waals surface area contributed by atoms with E-state index in [-0.39, 0.29) is 0 Å². The molecule has 2 aliphatic rings. The van der Waals surface area contributed by atoms with Crippen molar-refractivity contribution in [1.82, 2.24) is 10.2 Å². The molecule has 0 spiro atoms. The summed E-state index contributed by atoms with van der Waals surface area (Å²) in [5, 5.41) is 3.27. The highest BCUT2D eigenvalue weighted by Gasteiger charge is 2.25. The summed E-state index contributed by atoms with van der Waals surface area (Å²) in [7, 11) is 0. The summed E-state index contributed by atoms with van der Waals surface area (Å²) < 4.78 is 1.19. The maximum atomic E-state index is 4.16. The second kappa shape index (κ2) is 4.32. The van der Waals surface area contributed by atoms with Gasteiger partial charge in [0.15, 0.2) is 0 Å². The van der Waals surface area contributed by atoms with Crippen LogP contribution in [0.25, 0.3) is 5.70 Å². The Kier molecular flexibility index (Phi) is 2.78. The predicted molar refractivity (Wildman–Crippen MR) is 78.8 cm³/mol. The first-order chi connectivity index (χ1) is 8.66. The van der Waals surface area contributed by atoms with Gasteiger partial charge in [0.1, 0.15) is 0 Å². The lowest BCUT2D eigenvalue weighted by Crippen LogP contribution is -2.30. The molecule has 0 unspecified atom stereocenters. The van der Waals surface area contributed by atoms with Crippen molar-refractivity contribution >= 4 is 21.6 Å². The number of fused-ring (bicyclic) bond motifs is 3. The summed E-state index contributed by atoms with van der Waals surface area (Å²) in [6.07, 6.45) is 3.15. The average molecular weight is 303 g/mol. The van der Waals surface area contributed by atoms with Crippen LogP contribution in [0, 0.1) is 0 Å². The van der Waals surface area contributed by atoms with Crippen molar-refractivity contribution in [1.29, 1.82) is 0 Å². The van der Waals surface area contributed by atoms with Gasteiger partial charge in [0, 0.05) is 28.0 Å². The number of nitrogens with one attached hydrogen (secondary N) is 1. The van der Waals surface area contributed by atoms with E-state index in [1.165, 1.54) is 21.3 Å². The molecule has 0 atom stereocenters. The molecule has 0 bridgehead atoms. The maximum absolute atomic E-state index is 4.16. The number of halogens is 1. The first kappa shape index (κ1) is 11.6. The molecule has 1 aromatic rings. The fourth-order valence-electron chi connectivity index (χ4n) is 2.55. The van der Waals surface area contributed by atoms with E-state index >= 15 is 0 Å². The van der Waals surface area contributed by atoms with Crippen molar-refractivity contribution in [2.45, 2.75) is 6.42 Å². The van der Waals surface area contributed by atoms with Crippen molar-refractivity contribution in [3.05, 3.63) is 64.4 Å². The smallest absolute Gasteiger partial charge is 0.0547 e. The zero-order chi connectivity index (χ0) is 12.7. The van der Waals surface area contributed by atoms with Gasteiger partial charge in [0.25, 0.3) is 0 Å². The van der Waals surface area contributed by atoms with Crippen molar-refractivity contribution < 1.29 is 0 Å². The molecule has 1 N–H and O–H groups in total. The van der Waals surface area contributed by atoms with Crippen molar-refractivity contribution in [3.63, 3.8) is 0 Å². The third-order valence-corrected chi connectivity index (χ3v) is 4.23. The van der Waals surface area contributed by atoms with E-state index in [4.69, 9.17) is 0 Å². The van der Waals surface area contributed by atoms with Crippen LogP contribution in [-0.4, -0.2) is 18.0 Å². The van der Waals surface area contributed by atoms with Crippen LogP contribution in [0.4, 0.5) is 0 Å². The molecule has 1 aromatic carbocycles. The van der Waals surface area contributed by atoms with Gasteiger partial charge in [0.2, 0.25) is 0 Å². The number of hydrogen-bond acceptors (Lipinski definition) is 2. The summed E-state index contributed by atoms with van der Waals surface area (Å²) >= 11 is 3.64. The molecular weight excluding hydrogens is 288 g/mol. The van der Waals surface area contributed by atoms with Gasteiger partial charge < -0.3 is 10.2 Å². The van der Waals surface area contributed by atoms with Gasteiger partial charge in [-0.15, -0.1) is 0 Å². The minimum absolute atomic E-state index is 0.766. The van der Waals surface area contributed by atoms with E-state index < -0.39 is 0 Å². The molecule has 18 heavy (non-hydrogen) atoms. The molecule has 3 heteroatoms. The molecule has 92 valence electrons. The fourth-order valence-corrected chi connectivity index (χ4v) is 3.12. The van der Waals surface area contributed by atoms with E-state index in [9.17, 15) is 0 Å². The standard InChI is InChI=1S/C15H15BrN2/c1-10-8-15-13-4-3-5-14(16)12(13)6-7-18(15)11(2)9-17-10/h3-5,8,17H,1-2,6-7,9H2. The van der Waals surface area contributed by atoms with Crippen LogP contribution >= 0.6 is 15.9 Å². The summed E-state index contributed by atoms with van der Waals surface area (Å²) in [5.41, 5.74) is 5.91. The molecule has 0 saturated heterocycles. The summed E-state index contributed by atoms with van der Waals surface area (Å²) in [6.45, 7) is 9.93. The van der Waals surface area contributed by atoms with E-state index in [1.54, 1.807) is 0 Å². The Morgan fingerprint density at radius 1 is 1.28 bits per heavy atom. The van der Waals surface area contributed by atoms with E-state index in [1.807, 2.05) is 0 Å². The number of benzene rings is 1. The zero-order valence-electron chi connectivity index (χ0n) is 10.2. The van der Waals surface area contributed by atoms with Crippen molar-refractivity contribution in [2.75, 3.05) is 13.1 Å². The molecular formula is C15H15BrN2. The first-order valence-electron chi connectivity index (χ1n) is 6.04. The number of nitrogens with zero attached hydrogens (tertiary/aromatic N) is 1. The molecule has 2 aliphatic heterocycles. The van der Waals surface area contributed by atoms with Crippen molar-refractivity contribution in [2.24, 2.45) is 0 Å². The zero-order valence-corrected chi connectivity index (χ0v) is 11.8. The quantitative estimate of drug-likeness (QED) is 0.791. The monoisotopic (exact) mass is 302 g/mol. The van der Waals surface area contributed by atoms with Gasteiger partial charge in [-0.3, -0.25) is 0 Å². The Morgan fingerprint density at radius 2 is 2.11 bits per heavy atom. The molecule has 3 rings (SSSR count). The molecule has 0 radical (unpaired) electrons. The second-order valence-electron chi connectivity index (χ2n) is 4.64. The topological polar surface area (TPSA) is 15.3 Å². The van der Waals surface area contributed by atoms with Gasteiger partial charge in [0.05, 0.1) is 12.2 Å². The minimum Gasteiger partial charge on any atom is -0.380 e. The minimum atomic E-state index is 0.766. The first-order valence-corrected chi connectivity index (χ1v) is 6.83. The SMILES string of the molecule is C=C1C=C2c3cccc(Br)c3CCN2C(=C)CN1. The van der Waals surface area contributed by atoms with Crippen LogP contribution in [0.1, 0.15) is 11.1 Å². The number of allylic oxidation sites excluding steroid dienone is 1. The molecule has 0 fully saturated rings. The Bertz CT molecular complexity index is 572. The summed E-state index contributed by atoms with van der Waals surface area (Å²) in [6, 6.07) is 6.36. The number of rotatable bonds is 0. The highest BCUT2D eigenvalue weighted by Crippen LogP contribution is 2.36. The van der Waals surface area contributed by atoms with E-state index in [0.29, 0.717) is 0 Å². The average Bonchev–Trinajstić information content (AvgIpc) is 2.50. The Balaban J connectivity index is 2.18. The lowest BCUT2D eigenvalue weighted by molar-refractivity contribution is 0.468. The lowest BCUT2D eigenvalue weighted by atomic mass is 9.96. The van der Waals surface area contributed by atoms with Crippen LogP contribution in [0.3, 0.4) is 0 Å². The Morgan fingerprint density at radius 3 is 2.94 bits per heavy atom. The Labute approximate surface area is 116 Å². The number of hydrogen-bond donors (Lipinski definition) is 1. The normalized spacial score (nSPS) is 18.5. The summed E-state index contributed by atoms with van der Waals surface area (Å²) in [4.78, 5) is 2.29. The van der Waals surface area contributed by atoms with Gasteiger partial charge >= 0.3 is 0 Å². The van der Waals surface area contributed by atoms with Crippen molar-refractivity contribution in [3.8, 4) is 0 Å². The second-order valence-corrected chi connectivity index (χ2v) is 5.50. The fraction of sp³-hybridized carbons (Fsp3) is 0.200. The van der Waals surface area contributed by atoms with Gasteiger partial charge in [-0.25, -0.2) is 0 Å². The van der Waals surface area contributed by atoms with Gasteiger partial charge in [-0.2, -0.15) is 0 Å². The van der Waals surface area contributed by atoms with Crippen LogP contribution in [0.5, 0.6) is 0 Å². The summed E-state index contributed by atoms with van der Waals surface area (Å²) in [5.74, 6) is 0. The molecule has 2 heterocycles. The van der Waals surface area contributed by atoms with E-state index in [0.717, 1.165) is 30.9 Å². The largest absolute Gasteiger partial charge is 0.380 e. The highest BCUT2D eigenvalue weighted by atomic mass is 79.9. The van der Waals surface area contributed by atoms with E-state index in [2.05, 4.69) is 63.6 Å². The molecule has 0 amide bonds. The molecule has 0 saturated carbocycles. The third kappa shape index (κ3) is 1.79. The third-order valence-electron chi connectivity index (χ3n) is 3.48. The molecule has 0 aliphatic carbocycles.